The second-order valence-electron chi connectivity index (χ2n) is 5.79. The van der Waals surface area contributed by atoms with E-state index in [2.05, 4.69) is 55.1 Å². The normalized spacial score (nSPS) is 10.7. The predicted octanol–water partition coefficient (Wildman–Crippen LogP) is 5.17. The fourth-order valence-corrected chi connectivity index (χ4v) is 2.87. The Bertz CT molecular complexity index is 823. The van der Waals surface area contributed by atoms with Crippen molar-refractivity contribution in [2.24, 2.45) is 0 Å². The summed E-state index contributed by atoms with van der Waals surface area (Å²) in [6, 6.07) is 26.8. The number of ether oxygens (including phenoxy) is 1. The minimum Gasteiger partial charge on any atom is -0.458 e. The quantitative estimate of drug-likeness (QED) is 0.383. The molecule has 3 aromatic carbocycles. The van der Waals surface area contributed by atoms with Crippen molar-refractivity contribution in [3.63, 3.8) is 0 Å². The first-order chi connectivity index (χ1) is 12.3. The summed E-state index contributed by atoms with van der Waals surface area (Å²) >= 11 is 0. The van der Waals surface area contributed by atoms with Crippen LogP contribution in [-0.2, 0) is 22.6 Å². The van der Waals surface area contributed by atoms with Gasteiger partial charge in [-0.15, -0.1) is 0 Å². The summed E-state index contributed by atoms with van der Waals surface area (Å²) in [5.41, 5.74) is 6.73. The van der Waals surface area contributed by atoms with E-state index in [0.29, 0.717) is 6.61 Å². The van der Waals surface area contributed by atoms with Crippen LogP contribution in [0.5, 0.6) is 0 Å². The van der Waals surface area contributed by atoms with Gasteiger partial charge in [0.25, 0.3) is 0 Å². The summed E-state index contributed by atoms with van der Waals surface area (Å²) in [6.07, 6.45) is 2.26. The molecule has 0 unspecified atom stereocenters. The van der Waals surface area contributed by atoms with E-state index in [0.717, 1.165) is 18.1 Å². The molecule has 0 saturated carbocycles. The smallest absolute Gasteiger partial charge is 0.330 e. The van der Waals surface area contributed by atoms with Gasteiger partial charge in [-0.05, 0) is 34.2 Å². The summed E-state index contributed by atoms with van der Waals surface area (Å²) in [5, 5.41) is 0. The molecule has 1 aliphatic rings. The molecule has 0 fully saturated rings. The van der Waals surface area contributed by atoms with Gasteiger partial charge in [0.05, 0.1) is 0 Å². The summed E-state index contributed by atoms with van der Waals surface area (Å²) in [6.45, 7) is 3.61. The first-order valence-corrected chi connectivity index (χ1v) is 8.27. The second kappa shape index (κ2) is 8.11. The Hall–Kier alpha value is -3.13. The maximum atomic E-state index is 10.6. The van der Waals surface area contributed by atoms with Crippen molar-refractivity contribution in [2.45, 2.75) is 13.0 Å². The molecule has 0 amide bonds. The molecule has 25 heavy (non-hydrogen) atoms. The van der Waals surface area contributed by atoms with Gasteiger partial charge in [-0.3, -0.25) is 0 Å². The number of benzene rings is 3. The number of hydrogen-bond acceptors (Lipinski definition) is 2. The molecule has 2 nitrogen and oxygen atoms in total. The summed E-state index contributed by atoms with van der Waals surface area (Å²) < 4.78 is 4.82. The Morgan fingerprint density at radius 1 is 0.840 bits per heavy atom. The molecule has 3 aromatic rings. The lowest BCUT2D eigenvalue weighted by molar-refractivity contribution is -0.138. The molecule has 124 valence electrons. The molecule has 0 radical (unpaired) electrons. The fraction of sp³-hybridized carbons (Fsp3) is 0.0870. The lowest BCUT2D eigenvalue weighted by Gasteiger charge is -2.00. The number of carbonyl (C=O) groups excluding carboxylic acids is 1. The molecule has 0 N–H and O–H groups in total. The van der Waals surface area contributed by atoms with Crippen LogP contribution in [0, 0.1) is 0 Å². The minimum absolute atomic E-state index is 0.311. The van der Waals surface area contributed by atoms with Gasteiger partial charge in [0, 0.05) is 6.08 Å². The van der Waals surface area contributed by atoms with Crippen LogP contribution in [-0.4, -0.2) is 5.97 Å². The van der Waals surface area contributed by atoms with Crippen LogP contribution < -0.4 is 0 Å². The Morgan fingerprint density at radius 2 is 1.36 bits per heavy atom. The van der Waals surface area contributed by atoms with Gasteiger partial charge in [0.15, 0.2) is 0 Å². The monoisotopic (exact) mass is 328 g/mol. The molecule has 0 aromatic heterocycles. The van der Waals surface area contributed by atoms with Crippen molar-refractivity contribution in [3.8, 4) is 11.1 Å². The maximum absolute atomic E-state index is 10.6. The number of rotatable bonds is 3. The second-order valence-corrected chi connectivity index (χ2v) is 5.79. The number of esters is 1. The van der Waals surface area contributed by atoms with Crippen LogP contribution in [0.15, 0.2) is 91.5 Å². The van der Waals surface area contributed by atoms with Crippen LogP contribution in [0.4, 0.5) is 0 Å². The van der Waals surface area contributed by atoms with Gasteiger partial charge < -0.3 is 4.74 Å². The SMILES string of the molecule is C=CC(=O)OCc1ccccc1.c1ccc2c(c1)Cc1ccccc1-2. The van der Waals surface area contributed by atoms with Crippen molar-refractivity contribution in [1.29, 1.82) is 0 Å². The number of hydrogen-bond donors (Lipinski definition) is 0. The largest absolute Gasteiger partial charge is 0.458 e. The van der Waals surface area contributed by atoms with E-state index in [1.54, 1.807) is 0 Å². The van der Waals surface area contributed by atoms with Crippen molar-refractivity contribution >= 4 is 5.97 Å². The van der Waals surface area contributed by atoms with E-state index in [1.807, 2.05) is 30.3 Å². The third-order valence-electron chi connectivity index (χ3n) is 4.10. The van der Waals surface area contributed by atoms with E-state index in [-0.39, 0.29) is 5.97 Å². The summed E-state index contributed by atoms with van der Waals surface area (Å²) in [7, 11) is 0. The van der Waals surface area contributed by atoms with Gasteiger partial charge >= 0.3 is 5.97 Å². The highest BCUT2D eigenvalue weighted by atomic mass is 16.5. The molecule has 0 atom stereocenters. The molecule has 0 saturated heterocycles. The lowest BCUT2D eigenvalue weighted by Crippen LogP contribution is -1.99. The van der Waals surface area contributed by atoms with Crippen molar-refractivity contribution in [1.82, 2.24) is 0 Å². The van der Waals surface area contributed by atoms with Gasteiger partial charge in [0.2, 0.25) is 0 Å². The van der Waals surface area contributed by atoms with E-state index >= 15 is 0 Å². The zero-order valence-electron chi connectivity index (χ0n) is 14.0. The third kappa shape index (κ3) is 4.24. The van der Waals surface area contributed by atoms with Gasteiger partial charge in [-0.2, -0.15) is 0 Å². The number of carbonyl (C=O) groups is 1. The van der Waals surface area contributed by atoms with Gasteiger partial charge in [-0.1, -0.05) is 85.4 Å². The fourth-order valence-electron chi connectivity index (χ4n) is 2.87. The van der Waals surface area contributed by atoms with E-state index in [4.69, 9.17) is 4.74 Å². The Balaban J connectivity index is 0.000000147. The van der Waals surface area contributed by atoms with Crippen LogP contribution in [0.25, 0.3) is 11.1 Å². The first kappa shape index (κ1) is 16.7. The molecule has 4 rings (SSSR count). The van der Waals surface area contributed by atoms with Gasteiger partial charge in [-0.25, -0.2) is 4.79 Å². The van der Waals surface area contributed by atoms with Crippen molar-refractivity contribution < 1.29 is 9.53 Å². The zero-order valence-corrected chi connectivity index (χ0v) is 14.0. The molecule has 0 bridgehead atoms. The third-order valence-corrected chi connectivity index (χ3v) is 4.10. The molecule has 1 aliphatic carbocycles. The molecule has 2 heteroatoms. The van der Waals surface area contributed by atoms with Crippen LogP contribution in [0.3, 0.4) is 0 Å². The average molecular weight is 328 g/mol. The van der Waals surface area contributed by atoms with Crippen LogP contribution in [0.1, 0.15) is 16.7 Å². The first-order valence-electron chi connectivity index (χ1n) is 8.27. The van der Waals surface area contributed by atoms with E-state index in [1.165, 1.54) is 22.3 Å². The van der Waals surface area contributed by atoms with Crippen molar-refractivity contribution in [3.05, 3.63) is 108 Å². The molecule has 0 spiro atoms. The van der Waals surface area contributed by atoms with E-state index < -0.39 is 0 Å². The summed E-state index contributed by atoms with van der Waals surface area (Å²) in [4.78, 5) is 10.6. The highest BCUT2D eigenvalue weighted by Gasteiger charge is 2.15. The Labute approximate surface area is 148 Å². The lowest BCUT2D eigenvalue weighted by atomic mass is 10.1. The van der Waals surface area contributed by atoms with Crippen LogP contribution >= 0.6 is 0 Å². The predicted molar refractivity (Wildman–Crippen MR) is 101 cm³/mol. The average Bonchev–Trinajstić information content (AvgIpc) is 3.06. The van der Waals surface area contributed by atoms with Gasteiger partial charge in [0.1, 0.15) is 6.61 Å². The highest BCUT2D eigenvalue weighted by molar-refractivity contribution is 5.81. The maximum Gasteiger partial charge on any atom is 0.330 e. The Kier molecular flexibility index (Phi) is 5.43. The molecule has 0 heterocycles. The zero-order chi connectivity index (χ0) is 17.5. The molecule has 0 aliphatic heterocycles. The highest BCUT2D eigenvalue weighted by Crippen LogP contribution is 2.35. The Morgan fingerprint density at radius 3 is 1.92 bits per heavy atom. The van der Waals surface area contributed by atoms with E-state index in [9.17, 15) is 4.79 Å². The molecular formula is C23H20O2. The molecular weight excluding hydrogens is 308 g/mol. The standard InChI is InChI=1S/C13H10.C10H10O2/c1-3-7-12-10(5-1)9-11-6-2-4-8-13(11)12;1-2-10(11)12-8-9-6-4-3-5-7-9/h1-8H,9H2;2-7H,1,8H2. The van der Waals surface area contributed by atoms with Crippen molar-refractivity contribution in [2.75, 3.05) is 0 Å². The number of fused-ring (bicyclic) bond motifs is 3. The summed E-state index contributed by atoms with van der Waals surface area (Å²) in [5.74, 6) is -0.390. The minimum atomic E-state index is -0.390. The van der Waals surface area contributed by atoms with Crippen LogP contribution in [0.2, 0.25) is 0 Å². The topological polar surface area (TPSA) is 26.3 Å².